The van der Waals surface area contributed by atoms with E-state index in [2.05, 4.69) is 25.4 Å². The smallest absolute Gasteiger partial charge is 0.416 e. The highest BCUT2D eigenvalue weighted by Gasteiger charge is 2.31. The molecule has 1 aliphatic rings. The second kappa shape index (κ2) is 10.5. The van der Waals surface area contributed by atoms with Crippen LogP contribution in [0.3, 0.4) is 0 Å². The molecule has 0 amide bonds. The van der Waals surface area contributed by atoms with E-state index in [-0.39, 0.29) is 18.2 Å². The summed E-state index contributed by atoms with van der Waals surface area (Å²) in [6.07, 6.45) is 2.19. The molecule has 1 atom stereocenters. The van der Waals surface area contributed by atoms with Gasteiger partial charge in [-0.25, -0.2) is 24.4 Å². The van der Waals surface area contributed by atoms with Crippen LogP contribution < -0.4 is 5.32 Å². The van der Waals surface area contributed by atoms with E-state index in [9.17, 15) is 23.1 Å². The maximum absolute atomic E-state index is 13.2. The molecule has 13 heteroatoms. The van der Waals surface area contributed by atoms with Crippen LogP contribution in [0.5, 0.6) is 0 Å². The maximum Gasteiger partial charge on any atom is 0.416 e. The fourth-order valence-corrected chi connectivity index (χ4v) is 5.08. The first-order valence-corrected chi connectivity index (χ1v) is 13.5. The van der Waals surface area contributed by atoms with Crippen molar-refractivity contribution in [3.05, 3.63) is 77.5 Å². The van der Waals surface area contributed by atoms with Gasteiger partial charge in [0, 0.05) is 25.0 Å². The molecule has 1 aromatic carbocycles. The molecule has 1 aliphatic carbocycles. The maximum atomic E-state index is 13.2. The highest BCUT2D eigenvalue weighted by Crippen LogP contribution is 2.34. The zero-order valence-electron chi connectivity index (χ0n) is 22.8. The first-order chi connectivity index (χ1) is 20.1. The van der Waals surface area contributed by atoms with Gasteiger partial charge in [0.1, 0.15) is 11.2 Å². The van der Waals surface area contributed by atoms with Gasteiger partial charge in [-0.05, 0) is 68.5 Å². The quantitative estimate of drug-likeness (QED) is 0.239. The number of hydrogen-bond acceptors (Lipinski definition) is 7. The topological polar surface area (TPSA) is 124 Å². The Kier molecular flexibility index (Phi) is 6.87. The molecular weight excluding hydrogens is 549 g/mol. The Morgan fingerprint density at radius 2 is 1.88 bits per heavy atom. The third kappa shape index (κ3) is 5.29. The first-order valence-electron chi connectivity index (χ1n) is 13.5. The summed E-state index contributed by atoms with van der Waals surface area (Å²) >= 11 is 0. The fourth-order valence-electron chi connectivity index (χ4n) is 5.08. The lowest BCUT2D eigenvalue weighted by Crippen LogP contribution is -2.31. The highest BCUT2D eigenvalue weighted by atomic mass is 19.4. The predicted octanol–water partition coefficient (Wildman–Crippen LogP) is 5.75. The minimum absolute atomic E-state index is 0.000807. The molecular formula is C29H27F3N8O2. The van der Waals surface area contributed by atoms with Crippen LogP contribution in [0.2, 0.25) is 0 Å². The summed E-state index contributed by atoms with van der Waals surface area (Å²) in [4.78, 5) is 29.7. The summed E-state index contributed by atoms with van der Waals surface area (Å²) in [6, 6.07) is 10.3. The van der Waals surface area contributed by atoms with E-state index in [0.29, 0.717) is 34.3 Å². The Bertz CT molecular complexity index is 1770. The van der Waals surface area contributed by atoms with E-state index in [4.69, 9.17) is 4.98 Å². The van der Waals surface area contributed by atoms with E-state index in [1.165, 1.54) is 12.1 Å². The molecule has 1 fully saturated rings. The Balaban J connectivity index is 1.52. The van der Waals surface area contributed by atoms with Crippen molar-refractivity contribution in [1.29, 1.82) is 0 Å². The van der Waals surface area contributed by atoms with Crippen LogP contribution in [0, 0.1) is 12.8 Å². The number of halogens is 3. The van der Waals surface area contributed by atoms with Crippen molar-refractivity contribution in [2.75, 3.05) is 5.32 Å². The Hall–Kier alpha value is -4.81. The zero-order valence-corrected chi connectivity index (χ0v) is 22.8. The summed E-state index contributed by atoms with van der Waals surface area (Å²) < 4.78 is 43.2. The van der Waals surface area contributed by atoms with E-state index in [1.807, 2.05) is 26.1 Å². The lowest BCUT2D eigenvalue weighted by atomic mass is 9.80. The predicted molar refractivity (Wildman–Crippen MR) is 148 cm³/mol. The number of aromatic nitrogens is 7. The van der Waals surface area contributed by atoms with Gasteiger partial charge in [0.05, 0.1) is 16.9 Å². The van der Waals surface area contributed by atoms with Gasteiger partial charge in [-0.3, -0.25) is 4.98 Å². The number of aryl methyl sites for hydroxylation is 1. The van der Waals surface area contributed by atoms with Crippen LogP contribution in [0.15, 0.2) is 54.9 Å². The number of benzene rings is 1. The van der Waals surface area contributed by atoms with Crippen molar-refractivity contribution < 1.29 is 23.1 Å². The Morgan fingerprint density at radius 3 is 2.50 bits per heavy atom. The number of carbonyl (C=O) groups is 1. The fraction of sp³-hybridized carbons (Fsp3) is 0.310. The highest BCUT2D eigenvalue weighted by molar-refractivity contribution is 5.92. The van der Waals surface area contributed by atoms with Gasteiger partial charge in [0.25, 0.3) is 0 Å². The molecule has 4 aromatic heterocycles. The summed E-state index contributed by atoms with van der Waals surface area (Å²) in [7, 11) is 0. The van der Waals surface area contributed by atoms with Crippen molar-refractivity contribution in [2.45, 2.75) is 51.9 Å². The minimum atomic E-state index is -4.46. The van der Waals surface area contributed by atoms with Gasteiger partial charge in [0.15, 0.2) is 17.3 Å². The molecule has 0 unspecified atom stereocenters. The van der Waals surface area contributed by atoms with Gasteiger partial charge in [-0.1, -0.05) is 18.6 Å². The average molecular weight is 577 g/mol. The monoisotopic (exact) mass is 576 g/mol. The molecule has 6 rings (SSSR count). The molecule has 42 heavy (non-hydrogen) atoms. The van der Waals surface area contributed by atoms with Gasteiger partial charge in [-0.15, -0.1) is 0 Å². The van der Waals surface area contributed by atoms with Crippen LogP contribution in [-0.2, 0) is 12.7 Å². The van der Waals surface area contributed by atoms with Crippen LogP contribution >= 0.6 is 0 Å². The van der Waals surface area contributed by atoms with Crippen molar-refractivity contribution in [2.24, 2.45) is 5.92 Å². The molecule has 5 aromatic rings. The molecule has 0 bridgehead atoms. The Labute approximate surface area is 238 Å². The lowest BCUT2D eigenvalue weighted by Gasteiger charge is -2.32. The number of nitrogens with one attached hydrogen (secondary N) is 1. The number of anilines is 1. The molecule has 10 nitrogen and oxygen atoms in total. The van der Waals surface area contributed by atoms with Crippen molar-refractivity contribution in [3.8, 4) is 17.2 Å². The number of aromatic carboxylic acids is 1. The van der Waals surface area contributed by atoms with E-state index < -0.39 is 23.5 Å². The van der Waals surface area contributed by atoms with Crippen LogP contribution in [0.1, 0.15) is 53.6 Å². The third-order valence-corrected chi connectivity index (χ3v) is 7.60. The number of imidazole rings is 1. The molecule has 4 heterocycles. The van der Waals surface area contributed by atoms with Gasteiger partial charge < -0.3 is 15.0 Å². The molecule has 2 N–H and O–H groups in total. The summed E-state index contributed by atoms with van der Waals surface area (Å²) in [5.41, 5.74) is 2.38. The first kappa shape index (κ1) is 27.4. The van der Waals surface area contributed by atoms with Crippen molar-refractivity contribution >= 4 is 23.0 Å². The number of carboxylic acids is 1. The number of nitrogens with zero attached hydrogens (tertiary/aromatic N) is 7. The zero-order chi connectivity index (χ0) is 29.6. The largest absolute Gasteiger partial charge is 0.475 e. The third-order valence-electron chi connectivity index (χ3n) is 7.60. The summed E-state index contributed by atoms with van der Waals surface area (Å²) in [6.45, 7) is 4.01. The number of alkyl halides is 3. The van der Waals surface area contributed by atoms with Gasteiger partial charge in [0.2, 0.25) is 5.82 Å². The second-order valence-corrected chi connectivity index (χ2v) is 10.5. The Morgan fingerprint density at radius 1 is 1.12 bits per heavy atom. The van der Waals surface area contributed by atoms with Crippen molar-refractivity contribution in [3.63, 3.8) is 0 Å². The molecule has 0 aliphatic heterocycles. The normalized spacial score (nSPS) is 14.6. The van der Waals surface area contributed by atoms with Crippen LogP contribution in [0.25, 0.3) is 28.4 Å². The number of pyridine rings is 1. The standard InChI is InChI=1S/C29H27F3N8O2/c1-16-11-13-40(38-16)21-10-12-33-22(14-21)27-37-25-23(39(27)15-18-6-8-20(9-7-18)29(30,31)32)24(35-26(36-25)28(41)42)34-17(2)19-4-3-5-19/h6-14,17,19H,3-5,15H2,1-2H3,(H,41,42)(H,34,35,36)/t17-/m1/s1. The second-order valence-electron chi connectivity index (χ2n) is 10.5. The lowest BCUT2D eigenvalue weighted by molar-refractivity contribution is -0.137. The van der Waals surface area contributed by atoms with Crippen LogP contribution in [0.4, 0.5) is 19.0 Å². The summed E-state index contributed by atoms with van der Waals surface area (Å²) in [5.74, 6) is -0.660. The van der Waals surface area contributed by atoms with Crippen molar-refractivity contribution in [1.82, 2.24) is 34.3 Å². The molecule has 0 spiro atoms. The average Bonchev–Trinajstić information content (AvgIpc) is 3.51. The van der Waals surface area contributed by atoms with E-state index >= 15 is 0 Å². The summed E-state index contributed by atoms with van der Waals surface area (Å²) in [5, 5.41) is 17.6. The van der Waals surface area contributed by atoms with E-state index in [1.54, 1.807) is 27.6 Å². The van der Waals surface area contributed by atoms with Crippen LogP contribution in [-0.4, -0.2) is 51.4 Å². The van der Waals surface area contributed by atoms with Gasteiger partial charge in [-0.2, -0.15) is 18.3 Å². The van der Waals surface area contributed by atoms with Gasteiger partial charge >= 0.3 is 12.1 Å². The number of carboxylic acid groups (broad SMARTS) is 1. The molecule has 216 valence electrons. The number of hydrogen-bond donors (Lipinski definition) is 2. The molecule has 1 saturated carbocycles. The van der Waals surface area contributed by atoms with E-state index in [0.717, 1.165) is 42.8 Å². The molecule has 0 saturated heterocycles. The SMILES string of the molecule is Cc1ccn(-c2ccnc(-c3nc4nc(C(=O)O)nc(N[C@H](C)C5CCC5)c4n3Cc3ccc(C(F)(F)F)cc3)c2)n1. The number of rotatable bonds is 8. The number of fused-ring (bicyclic) bond motifs is 1. The minimum Gasteiger partial charge on any atom is -0.475 e. The molecule has 0 radical (unpaired) electrons.